The minimum atomic E-state index is -1.06. The molecule has 0 bridgehead atoms. The zero-order valence-corrected chi connectivity index (χ0v) is 14.4. The Morgan fingerprint density at radius 2 is 1.91 bits per heavy atom. The summed E-state index contributed by atoms with van der Waals surface area (Å²) in [7, 11) is 0. The van der Waals surface area contributed by atoms with Crippen molar-refractivity contribution in [2.75, 3.05) is 25.1 Å². The maximum atomic E-state index is 12.1. The number of halogens is 3. The third-order valence-electron chi connectivity index (χ3n) is 3.00. The van der Waals surface area contributed by atoms with Crippen LogP contribution in [0.5, 0.6) is 0 Å². The maximum absolute atomic E-state index is 12.1. The number of hydrogen-bond donors (Lipinski definition) is 1. The number of benzene rings is 1. The van der Waals surface area contributed by atoms with Crippen LogP contribution in [0.2, 0.25) is 15.1 Å². The van der Waals surface area contributed by atoms with Crippen LogP contribution < -0.4 is 5.32 Å². The van der Waals surface area contributed by atoms with Gasteiger partial charge in [0.15, 0.2) is 12.2 Å². The highest BCUT2D eigenvalue weighted by Gasteiger charge is 2.28. The molecule has 1 aliphatic heterocycles. The Morgan fingerprint density at radius 3 is 2.48 bits per heavy atom. The van der Waals surface area contributed by atoms with Crippen molar-refractivity contribution in [3.63, 3.8) is 0 Å². The maximum Gasteiger partial charge on any atom is 0.338 e. The minimum Gasteiger partial charge on any atom is -0.451 e. The van der Waals surface area contributed by atoms with Gasteiger partial charge < -0.3 is 19.5 Å². The summed E-state index contributed by atoms with van der Waals surface area (Å²) in [6.07, 6.45) is -1.89. The SMILES string of the molecule is C[C@@H](OC(=O)[C@H]1COCCO1)C(=O)Nc1c(Cl)cc(Cl)cc1Cl. The predicted molar refractivity (Wildman–Crippen MR) is 86.2 cm³/mol. The molecule has 23 heavy (non-hydrogen) atoms. The van der Waals surface area contributed by atoms with Crippen molar-refractivity contribution in [1.29, 1.82) is 0 Å². The molecule has 1 heterocycles. The van der Waals surface area contributed by atoms with E-state index in [1.807, 2.05) is 0 Å². The highest BCUT2D eigenvalue weighted by atomic mass is 35.5. The normalized spacial score (nSPS) is 19.0. The van der Waals surface area contributed by atoms with Crippen LogP contribution >= 0.6 is 34.8 Å². The number of hydrogen-bond acceptors (Lipinski definition) is 5. The number of nitrogens with one attached hydrogen (secondary N) is 1. The Kier molecular flexibility index (Phi) is 6.50. The third kappa shape index (κ3) is 4.96. The second kappa shape index (κ2) is 8.17. The first-order valence-corrected chi connectivity index (χ1v) is 7.87. The van der Waals surface area contributed by atoms with E-state index in [0.29, 0.717) is 18.2 Å². The quantitative estimate of drug-likeness (QED) is 0.811. The lowest BCUT2D eigenvalue weighted by Gasteiger charge is -2.23. The Hall–Kier alpha value is -1.05. The van der Waals surface area contributed by atoms with Crippen LogP contribution in [0.25, 0.3) is 0 Å². The zero-order valence-electron chi connectivity index (χ0n) is 12.1. The van der Waals surface area contributed by atoms with Gasteiger partial charge in [-0.2, -0.15) is 0 Å². The number of carbonyl (C=O) groups excluding carboxylic acids is 2. The molecule has 1 amide bonds. The molecule has 9 heteroatoms. The third-order valence-corrected chi connectivity index (χ3v) is 3.81. The summed E-state index contributed by atoms with van der Waals surface area (Å²) < 4.78 is 15.4. The summed E-state index contributed by atoms with van der Waals surface area (Å²) in [5, 5.41) is 3.20. The van der Waals surface area contributed by atoms with Crippen LogP contribution in [0.15, 0.2) is 12.1 Å². The highest BCUT2D eigenvalue weighted by molar-refractivity contribution is 6.42. The molecular weight excluding hydrogens is 369 g/mol. The average molecular weight is 383 g/mol. The molecule has 126 valence electrons. The van der Waals surface area contributed by atoms with Gasteiger partial charge in [0.05, 0.1) is 35.6 Å². The number of amides is 1. The van der Waals surface area contributed by atoms with Gasteiger partial charge in [-0.3, -0.25) is 4.79 Å². The summed E-state index contributed by atoms with van der Waals surface area (Å²) in [5.74, 6) is -1.25. The van der Waals surface area contributed by atoms with E-state index in [2.05, 4.69) is 5.32 Å². The predicted octanol–water partition coefficient (Wildman–Crippen LogP) is 2.93. The highest BCUT2D eigenvalue weighted by Crippen LogP contribution is 2.33. The number of anilines is 1. The van der Waals surface area contributed by atoms with Gasteiger partial charge in [0.25, 0.3) is 5.91 Å². The van der Waals surface area contributed by atoms with Gasteiger partial charge in [0.1, 0.15) is 0 Å². The molecule has 0 spiro atoms. The molecule has 2 rings (SSSR count). The van der Waals surface area contributed by atoms with Crippen molar-refractivity contribution in [2.24, 2.45) is 0 Å². The first-order chi connectivity index (χ1) is 10.9. The fourth-order valence-electron chi connectivity index (χ4n) is 1.81. The topological polar surface area (TPSA) is 73.9 Å². The minimum absolute atomic E-state index is 0.0992. The van der Waals surface area contributed by atoms with E-state index < -0.39 is 24.1 Å². The van der Waals surface area contributed by atoms with Crippen LogP contribution in [0.3, 0.4) is 0 Å². The average Bonchev–Trinajstić information content (AvgIpc) is 2.51. The molecule has 1 N–H and O–H groups in total. The second-order valence-corrected chi connectivity index (χ2v) is 6.00. The largest absolute Gasteiger partial charge is 0.451 e. The number of esters is 1. The van der Waals surface area contributed by atoms with Crippen LogP contribution in [-0.4, -0.2) is 43.9 Å². The summed E-state index contributed by atoms with van der Waals surface area (Å²) in [6, 6.07) is 2.88. The van der Waals surface area contributed by atoms with Crippen molar-refractivity contribution in [1.82, 2.24) is 0 Å². The van der Waals surface area contributed by atoms with Gasteiger partial charge in [-0.15, -0.1) is 0 Å². The number of carbonyl (C=O) groups is 2. The van der Waals surface area contributed by atoms with Crippen molar-refractivity contribution in [3.05, 3.63) is 27.2 Å². The standard InChI is InChI=1S/C14H14Cl3NO5/c1-7(23-14(20)11-6-21-2-3-22-11)13(19)18-12-9(16)4-8(15)5-10(12)17/h4-5,7,11H,2-3,6H2,1H3,(H,18,19)/t7-,11-/m1/s1. The smallest absolute Gasteiger partial charge is 0.338 e. The molecular formula is C14H14Cl3NO5. The van der Waals surface area contributed by atoms with Gasteiger partial charge in [-0.25, -0.2) is 4.79 Å². The van der Waals surface area contributed by atoms with Gasteiger partial charge in [-0.05, 0) is 19.1 Å². The Labute approximate surface area is 147 Å². The van der Waals surface area contributed by atoms with E-state index in [1.165, 1.54) is 19.1 Å². The lowest BCUT2D eigenvalue weighted by molar-refractivity contribution is -0.176. The van der Waals surface area contributed by atoms with Crippen LogP contribution in [0, 0.1) is 0 Å². The van der Waals surface area contributed by atoms with E-state index in [4.69, 9.17) is 49.0 Å². The molecule has 0 aromatic heterocycles. The molecule has 1 fully saturated rings. The molecule has 1 aliphatic rings. The van der Waals surface area contributed by atoms with Gasteiger partial charge in [-0.1, -0.05) is 34.8 Å². The van der Waals surface area contributed by atoms with Crippen LogP contribution in [0.4, 0.5) is 5.69 Å². The zero-order chi connectivity index (χ0) is 17.0. The van der Waals surface area contributed by atoms with Gasteiger partial charge >= 0.3 is 5.97 Å². The number of ether oxygens (including phenoxy) is 3. The van der Waals surface area contributed by atoms with Gasteiger partial charge in [0, 0.05) is 5.02 Å². The first kappa shape index (κ1) is 18.3. The summed E-state index contributed by atoms with van der Waals surface area (Å²) in [6.45, 7) is 2.25. The van der Waals surface area contributed by atoms with E-state index in [1.54, 1.807) is 0 Å². The Bertz CT molecular complexity index is 581. The summed E-state index contributed by atoms with van der Waals surface area (Å²) in [4.78, 5) is 24.0. The van der Waals surface area contributed by atoms with E-state index in [0.717, 1.165) is 0 Å². The monoisotopic (exact) mass is 381 g/mol. The van der Waals surface area contributed by atoms with Crippen LogP contribution in [-0.2, 0) is 23.8 Å². The molecule has 1 saturated heterocycles. The van der Waals surface area contributed by atoms with Crippen LogP contribution in [0.1, 0.15) is 6.92 Å². The van der Waals surface area contributed by atoms with Crippen molar-refractivity contribution >= 4 is 52.4 Å². The van der Waals surface area contributed by atoms with Crippen molar-refractivity contribution < 1.29 is 23.8 Å². The molecule has 6 nitrogen and oxygen atoms in total. The molecule has 1 aromatic rings. The van der Waals surface area contributed by atoms with Crippen molar-refractivity contribution in [2.45, 2.75) is 19.1 Å². The first-order valence-electron chi connectivity index (χ1n) is 6.73. The lowest BCUT2D eigenvalue weighted by Crippen LogP contribution is -2.40. The van der Waals surface area contributed by atoms with Crippen molar-refractivity contribution in [3.8, 4) is 0 Å². The molecule has 0 saturated carbocycles. The Balaban J connectivity index is 1.96. The molecule has 0 aliphatic carbocycles. The van der Waals surface area contributed by atoms with E-state index in [-0.39, 0.29) is 22.3 Å². The number of rotatable bonds is 4. The summed E-state index contributed by atoms with van der Waals surface area (Å²) >= 11 is 17.8. The van der Waals surface area contributed by atoms with E-state index >= 15 is 0 Å². The fraction of sp³-hybridized carbons (Fsp3) is 0.429. The summed E-state index contributed by atoms with van der Waals surface area (Å²) in [5.41, 5.74) is 0.197. The van der Waals surface area contributed by atoms with Gasteiger partial charge in [0.2, 0.25) is 0 Å². The lowest BCUT2D eigenvalue weighted by atomic mass is 10.3. The molecule has 0 radical (unpaired) electrons. The fourth-order valence-corrected chi connectivity index (χ4v) is 2.73. The van der Waals surface area contributed by atoms with E-state index in [9.17, 15) is 9.59 Å². The Morgan fingerprint density at radius 1 is 1.26 bits per heavy atom. The second-order valence-electron chi connectivity index (χ2n) is 4.75. The molecule has 0 unspecified atom stereocenters. The molecule has 1 aromatic carbocycles. The molecule has 2 atom stereocenters.